The van der Waals surface area contributed by atoms with E-state index in [2.05, 4.69) is 5.32 Å². The lowest BCUT2D eigenvalue weighted by Gasteiger charge is -2.29. The molecule has 23 heavy (non-hydrogen) atoms. The number of hydrogen-bond donors (Lipinski definition) is 2. The van der Waals surface area contributed by atoms with Gasteiger partial charge in [0.25, 0.3) is 0 Å². The Hall–Kier alpha value is -2.62. The van der Waals surface area contributed by atoms with E-state index in [0.717, 1.165) is 12.0 Å². The maximum absolute atomic E-state index is 12.3. The Morgan fingerprint density at radius 1 is 1.09 bits per heavy atom. The summed E-state index contributed by atoms with van der Waals surface area (Å²) in [5, 5.41) is 12.2. The number of hydrogen-bond acceptors (Lipinski definition) is 2. The molecule has 2 aromatic rings. The fraction of sp³-hybridized carbons (Fsp3) is 0.263. The predicted molar refractivity (Wildman–Crippen MR) is 88.6 cm³/mol. The van der Waals surface area contributed by atoms with Crippen LogP contribution in [0.1, 0.15) is 36.5 Å². The minimum Gasteiger partial charge on any atom is -0.481 e. The Kier molecular flexibility index (Phi) is 3.68. The third-order valence-corrected chi connectivity index (χ3v) is 4.58. The average Bonchev–Trinajstić information content (AvgIpc) is 2.49. The van der Waals surface area contributed by atoms with Gasteiger partial charge in [0.05, 0.1) is 11.3 Å². The molecular weight excluding hydrogens is 290 g/mol. The van der Waals surface area contributed by atoms with Crippen LogP contribution in [0.3, 0.4) is 0 Å². The van der Waals surface area contributed by atoms with Crippen molar-refractivity contribution in [3.63, 3.8) is 0 Å². The second-order valence-electron chi connectivity index (χ2n) is 6.45. The van der Waals surface area contributed by atoms with Gasteiger partial charge >= 0.3 is 5.97 Å². The van der Waals surface area contributed by atoms with Crippen molar-refractivity contribution in [3.8, 4) is 0 Å². The second kappa shape index (κ2) is 5.54. The number of fused-ring (bicyclic) bond motifs is 1. The normalized spacial score (nSPS) is 16.2. The minimum absolute atomic E-state index is 0.0195. The first kappa shape index (κ1) is 15.3. The molecule has 2 N–H and O–H groups in total. The number of benzene rings is 2. The van der Waals surface area contributed by atoms with Crippen molar-refractivity contribution in [1.29, 1.82) is 0 Å². The number of amides is 1. The van der Waals surface area contributed by atoms with Gasteiger partial charge in [-0.3, -0.25) is 9.59 Å². The third kappa shape index (κ3) is 2.72. The lowest BCUT2D eigenvalue weighted by molar-refractivity contribution is -0.142. The number of rotatable bonds is 4. The smallest absolute Gasteiger partial charge is 0.313 e. The fourth-order valence-electron chi connectivity index (χ4n) is 2.82. The molecular formula is C19H19NO3. The molecule has 1 atom stereocenters. The molecule has 0 bridgehead atoms. The molecule has 1 aliphatic carbocycles. The SMILES string of the molecule is CC(C)(C(=O)O)c1ccc(NC(=O)C2Cc3ccccc32)cc1. The second-order valence-corrected chi connectivity index (χ2v) is 6.45. The summed E-state index contributed by atoms with van der Waals surface area (Å²) in [6.07, 6.45) is 0.770. The summed E-state index contributed by atoms with van der Waals surface area (Å²) in [7, 11) is 0. The highest BCUT2D eigenvalue weighted by molar-refractivity contribution is 5.97. The van der Waals surface area contributed by atoms with E-state index in [1.807, 2.05) is 24.3 Å². The molecule has 118 valence electrons. The molecule has 0 spiro atoms. The maximum atomic E-state index is 12.3. The van der Waals surface area contributed by atoms with Crippen LogP contribution in [0.25, 0.3) is 0 Å². The summed E-state index contributed by atoms with van der Waals surface area (Å²) < 4.78 is 0. The van der Waals surface area contributed by atoms with Crippen LogP contribution in [0.4, 0.5) is 5.69 Å². The van der Waals surface area contributed by atoms with Crippen molar-refractivity contribution in [1.82, 2.24) is 0 Å². The van der Waals surface area contributed by atoms with Crippen LogP contribution in [-0.2, 0) is 21.4 Å². The third-order valence-electron chi connectivity index (χ3n) is 4.58. The van der Waals surface area contributed by atoms with Crippen LogP contribution in [0, 0.1) is 0 Å². The van der Waals surface area contributed by atoms with Gasteiger partial charge < -0.3 is 10.4 Å². The van der Waals surface area contributed by atoms with E-state index in [4.69, 9.17) is 0 Å². The standard InChI is InChI=1S/C19H19NO3/c1-19(2,18(22)23)13-7-9-14(10-8-13)20-17(21)16-11-12-5-3-4-6-15(12)16/h3-10,16H,11H2,1-2H3,(H,20,21)(H,22,23). The van der Waals surface area contributed by atoms with Gasteiger partial charge in [-0.2, -0.15) is 0 Å². The summed E-state index contributed by atoms with van der Waals surface area (Å²) in [5.74, 6) is -0.990. The zero-order chi connectivity index (χ0) is 16.6. The molecule has 2 aromatic carbocycles. The Morgan fingerprint density at radius 3 is 2.35 bits per heavy atom. The average molecular weight is 309 g/mol. The van der Waals surface area contributed by atoms with Crippen molar-refractivity contribution in [3.05, 3.63) is 65.2 Å². The summed E-state index contributed by atoms with van der Waals surface area (Å²) in [5.41, 5.74) is 2.76. The topological polar surface area (TPSA) is 66.4 Å². The molecule has 1 unspecified atom stereocenters. The number of aliphatic carboxylic acids is 1. The van der Waals surface area contributed by atoms with E-state index in [1.54, 1.807) is 38.1 Å². The van der Waals surface area contributed by atoms with Crippen LogP contribution >= 0.6 is 0 Å². The van der Waals surface area contributed by atoms with Gasteiger partial charge in [0, 0.05) is 5.69 Å². The van der Waals surface area contributed by atoms with Crippen molar-refractivity contribution in [2.75, 3.05) is 5.32 Å². The van der Waals surface area contributed by atoms with E-state index in [0.29, 0.717) is 11.3 Å². The van der Waals surface area contributed by atoms with Crippen molar-refractivity contribution in [2.45, 2.75) is 31.6 Å². The van der Waals surface area contributed by atoms with E-state index in [1.165, 1.54) is 5.56 Å². The molecule has 0 saturated heterocycles. The zero-order valence-corrected chi connectivity index (χ0v) is 13.2. The number of carbonyl (C=O) groups is 2. The molecule has 1 aliphatic rings. The zero-order valence-electron chi connectivity index (χ0n) is 13.2. The lowest BCUT2D eigenvalue weighted by atomic mass is 9.77. The predicted octanol–water partition coefficient (Wildman–Crippen LogP) is 3.33. The maximum Gasteiger partial charge on any atom is 0.313 e. The molecule has 0 radical (unpaired) electrons. The van der Waals surface area contributed by atoms with Crippen LogP contribution in [0.15, 0.2) is 48.5 Å². The highest BCUT2D eigenvalue weighted by atomic mass is 16.4. The van der Waals surface area contributed by atoms with Gasteiger partial charge in [0.2, 0.25) is 5.91 Å². The molecule has 0 aromatic heterocycles. The largest absolute Gasteiger partial charge is 0.481 e. The molecule has 0 aliphatic heterocycles. The molecule has 4 nitrogen and oxygen atoms in total. The first-order valence-corrected chi connectivity index (χ1v) is 7.62. The molecule has 0 saturated carbocycles. The van der Waals surface area contributed by atoms with E-state index < -0.39 is 11.4 Å². The minimum atomic E-state index is -0.949. The Labute approximate surface area is 135 Å². The van der Waals surface area contributed by atoms with Crippen LogP contribution in [-0.4, -0.2) is 17.0 Å². The Morgan fingerprint density at radius 2 is 1.74 bits per heavy atom. The summed E-state index contributed by atoms with van der Waals surface area (Å²) in [4.78, 5) is 23.6. The van der Waals surface area contributed by atoms with E-state index in [9.17, 15) is 14.7 Å². The summed E-state index contributed by atoms with van der Waals surface area (Å²) >= 11 is 0. The van der Waals surface area contributed by atoms with Gasteiger partial charge in [0.15, 0.2) is 0 Å². The van der Waals surface area contributed by atoms with Crippen molar-refractivity contribution < 1.29 is 14.7 Å². The fourth-order valence-corrected chi connectivity index (χ4v) is 2.82. The van der Waals surface area contributed by atoms with Crippen LogP contribution in [0.5, 0.6) is 0 Å². The first-order valence-electron chi connectivity index (χ1n) is 7.62. The number of anilines is 1. The Bertz CT molecular complexity index is 762. The molecule has 0 fully saturated rings. The molecule has 4 heteroatoms. The van der Waals surface area contributed by atoms with Gasteiger partial charge in [0.1, 0.15) is 0 Å². The van der Waals surface area contributed by atoms with E-state index >= 15 is 0 Å². The number of carboxylic acid groups (broad SMARTS) is 1. The van der Waals surface area contributed by atoms with Crippen molar-refractivity contribution in [2.24, 2.45) is 0 Å². The molecule has 0 heterocycles. The van der Waals surface area contributed by atoms with E-state index in [-0.39, 0.29) is 11.8 Å². The highest BCUT2D eigenvalue weighted by Crippen LogP contribution is 2.35. The number of carboxylic acids is 1. The van der Waals surface area contributed by atoms with Gasteiger partial charge in [-0.05, 0) is 49.1 Å². The van der Waals surface area contributed by atoms with Crippen LogP contribution < -0.4 is 5.32 Å². The number of carbonyl (C=O) groups excluding carboxylic acids is 1. The first-order chi connectivity index (χ1) is 10.9. The highest BCUT2D eigenvalue weighted by Gasteiger charge is 2.32. The lowest BCUT2D eigenvalue weighted by Crippen LogP contribution is -2.30. The Balaban J connectivity index is 1.70. The number of nitrogens with one attached hydrogen (secondary N) is 1. The summed E-state index contributed by atoms with van der Waals surface area (Å²) in [6.45, 7) is 3.32. The summed E-state index contributed by atoms with van der Waals surface area (Å²) in [6, 6.07) is 15.0. The molecule has 1 amide bonds. The van der Waals surface area contributed by atoms with Gasteiger partial charge in [-0.25, -0.2) is 0 Å². The van der Waals surface area contributed by atoms with Crippen LogP contribution in [0.2, 0.25) is 0 Å². The van der Waals surface area contributed by atoms with Gasteiger partial charge in [-0.1, -0.05) is 36.4 Å². The molecule has 3 rings (SSSR count). The van der Waals surface area contributed by atoms with Gasteiger partial charge in [-0.15, -0.1) is 0 Å². The van der Waals surface area contributed by atoms with Crippen molar-refractivity contribution >= 4 is 17.6 Å². The monoisotopic (exact) mass is 309 g/mol. The quantitative estimate of drug-likeness (QED) is 0.910.